The lowest BCUT2D eigenvalue weighted by atomic mass is 10.1. The van der Waals surface area contributed by atoms with Crippen molar-refractivity contribution in [1.29, 1.82) is 0 Å². The number of para-hydroxylation sites is 2. The van der Waals surface area contributed by atoms with Gasteiger partial charge in [0, 0.05) is 31.3 Å². The second-order valence-electron chi connectivity index (χ2n) is 7.81. The Morgan fingerprint density at radius 1 is 1.13 bits per heavy atom. The zero-order chi connectivity index (χ0) is 22.8. The third-order valence-corrected chi connectivity index (χ3v) is 5.83. The summed E-state index contributed by atoms with van der Waals surface area (Å²) in [5.74, 6) is -0.937. The number of carbonyl (C=O) groups is 3. The number of fused-ring (bicyclic) bond motifs is 1. The van der Waals surface area contributed by atoms with Crippen molar-refractivity contribution in [3.63, 3.8) is 0 Å². The number of anilines is 2. The van der Waals surface area contributed by atoms with Gasteiger partial charge in [0.2, 0.25) is 11.8 Å². The Labute approximate surface area is 181 Å². The molecule has 1 N–H and O–H groups in total. The number of nitrogens with zero attached hydrogens (tertiary/aromatic N) is 2. The van der Waals surface area contributed by atoms with Crippen LogP contribution in [0.1, 0.15) is 29.3 Å². The highest BCUT2D eigenvalue weighted by Gasteiger charge is 2.30. The first kappa shape index (κ1) is 22.5. The van der Waals surface area contributed by atoms with Crippen LogP contribution in [0.15, 0.2) is 48.5 Å². The van der Waals surface area contributed by atoms with Gasteiger partial charge in [-0.3, -0.25) is 14.4 Å². The average Bonchev–Trinajstić information content (AvgIpc) is 2.80. The van der Waals surface area contributed by atoms with Crippen LogP contribution in [0.4, 0.5) is 11.4 Å². The van der Waals surface area contributed by atoms with Crippen molar-refractivity contribution in [3.8, 4) is 0 Å². The lowest BCUT2D eigenvalue weighted by Crippen LogP contribution is -2.45. The van der Waals surface area contributed by atoms with E-state index in [4.69, 9.17) is 0 Å². The summed E-state index contributed by atoms with van der Waals surface area (Å²) in [6, 6.07) is 13.0. The molecule has 0 saturated heterocycles. The van der Waals surface area contributed by atoms with Crippen molar-refractivity contribution in [3.05, 3.63) is 59.7 Å². The van der Waals surface area contributed by atoms with Crippen molar-refractivity contribution in [2.75, 3.05) is 30.1 Å². The van der Waals surface area contributed by atoms with Crippen molar-refractivity contribution in [1.82, 2.24) is 4.90 Å². The van der Waals surface area contributed by atoms with Crippen molar-refractivity contribution < 1.29 is 22.8 Å². The fraction of sp³-hybridized carbons (Fsp3) is 0.318. The van der Waals surface area contributed by atoms with Crippen LogP contribution in [0.3, 0.4) is 0 Å². The maximum Gasteiger partial charge on any atom is 0.254 e. The molecule has 0 aliphatic carbocycles. The first-order valence-electron chi connectivity index (χ1n) is 9.78. The van der Waals surface area contributed by atoms with Crippen molar-refractivity contribution >= 4 is 38.9 Å². The number of amides is 3. The topological polar surface area (TPSA) is 104 Å². The smallest absolute Gasteiger partial charge is 0.254 e. The molecule has 0 radical (unpaired) electrons. The first-order chi connectivity index (χ1) is 14.5. The number of benzene rings is 2. The quantitative estimate of drug-likeness (QED) is 0.762. The van der Waals surface area contributed by atoms with Gasteiger partial charge < -0.3 is 15.1 Å². The minimum absolute atomic E-state index is 0.102. The van der Waals surface area contributed by atoms with E-state index in [1.54, 1.807) is 60.4 Å². The van der Waals surface area contributed by atoms with Gasteiger partial charge in [-0.2, -0.15) is 0 Å². The van der Waals surface area contributed by atoms with E-state index in [0.29, 0.717) is 22.5 Å². The van der Waals surface area contributed by atoms with E-state index in [9.17, 15) is 22.8 Å². The predicted molar refractivity (Wildman–Crippen MR) is 119 cm³/mol. The van der Waals surface area contributed by atoms with Crippen LogP contribution in [0.2, 0.25) is 0 Å². The minimum Gasteiger partial charge on any atom is -0.332 e. The number of hydrogen-bond donors (Lipinski definition) is 1. The van der Waals surface area contributed by atoms with Gasteiger partial charge in [0.15, 0.2) is 9.84 Å². The molecular weight excluding hydrogens is 418 g/mol. The molecule has 0 saturated carbocycles. The Balaban J connectivity index is 1.75. The Hall–Kier alpha value is -3.20. The minimum atomic E-state index is -3.17. The van der Waals surface area contributed by atoms with Crippen LogP contribution in [0, 0.1) is 0 Å². The largest absolute Gasteiger partial charge is 0.332 e. The number of carbonyl (C=O) groups excluding carboxylic acids is 3. The van der Waals surface area contributed by atoms with Gasteiger partial charge in [-0.15, -0.1) is 0 Å². The normalized spacial score (nSPS) is 16.2. The Bertz CT molecular complexity index is 1110. The summed E-state index contributed by atoms with van der Waals surface area (Å²) < 4.78 is 22.8. The molecule has 2 aromatic rings. The molecule has 164 valence electrons. The summed E-state index contributed by atoms with van der Waals surface area (Å²) in [6.45, 7) is 1.62. The maximum absolute atomic E-state index is 13.1. The predicted octanol–water partition coefficient (Wildman–Crippen LogP) is 2.07. The van der Waals surface area contributed by atoms with Gasteiger partial charge in [-0.1, -0.05) is 24.3 Å². The number of rotatable bonds is 5. The Morgan fingerprint density at radius 3 is 2.42 bits per heavy atom. The molecule has 31 heavy (non-hydrogen) atoms. The Morgan fingerprint density at radius 2 is 1.77 bits per heavy atom. The number of hydrogen-bond acceptors (Lipinski definition) is 5. The monoisotopic (exact) mass is 443 g/mol. The molecule has 3 rings (SSSR count). The van der Waals surface area contributed by atoms with E-state index in [2.05, 4.69) is 5.32 Å². The summed E-state index contributed by atoms with van der Waals surface area (Å²) in [4.78, 5) is 40.9. The summed E-state index contributed by atoms with van der Waals surface area (Å²) in [5, 5.41) is 2.80. The molecule has 3 amide bonds. The van der Waals surface area contributed by atoms with E-state index < -0.39 is 9.84 Å². The lowest BCUT2D eigenvalue weighted by molar-refractivity contribution is -0.119. The molecule has 1 aliphatic rings. The molecule has 9 heteroatoms. The summed E-state index contributed by atoms with van der Waals surface area (Å²) in [7, 11) is -1.64. The number of sulfone groups is 1. The van der Waals surface area contributed by atoms with Crippen LogP contribution >= 0.6 is 0 Å². The van der Waals surface area contributed by atoms with E-state index in [1.807, 2.05) is 0 Å². The van der Waals surface area contributed by atoms with E-state index in [-0.39, 0.29) is 42.5 Å². The van der Waals surface area contributed by atoms with Gasteiger partial charge in [0.25, 0.3) is 5.91 Å². The third kappa shape index (κ3) is 5.49. The van der Waals surface area contributed by atoms with Crippen LogP contribution in [-0.4, -0.2) is 56.9 Å². The van der Waals surface area contributed by atoms with E-state index in [1.165, 1.54) is 11.9 Å². The van der Waals surface area contributed by atoms with Gasteiger partial charge >= 0.3 is 0 Å². The molecule has 0 spiro atoms. The average molecular weight is 444 g/mol. The second kappa shape index (κ2) is 8.89. The van der Waals surface area contributed by atoms with Crippen LogP contribution in [0.5, 0.6) is 0 Å². The highest BCUT2D eigenvalue weighted by molar-refractivity contribution is 7.89. The van der Waals surface area contributed by atoms with Gasteiger partial charge in [-0.25, -0.2) is 8.42 Å². The zero-order valence-corrected chi connectivity index (χ0v) is 18.5. The van der Waals surface area contributed by atoms with Gasteiger partial charge in [-0.05, 0) is 36.8 Å². The standard InChI is InChI=1S/C22H25N3O5S/c1-15-12-20(26)23-18-6-4-5-7-19(18)25(15)21(27)13-24(2)22(28)17-10-8-16(9-11-17)14-31(3,29)30/h4-11,15H,12-14H2,1-3H3,(H,23,26)/t15-/m1/s1. The van der Waals surface area contributed by atoms with E-state index >= 15 is 0 Å². The van der Waals surface area contributed by atoms with Gasteiger partial charge in [0.05, 0.1) is 17.1 Å². The molecule has 0 fully saturated rings. The summed E-state index contributed by atoms with van der Waals surface area (Å²) in [5.41, 5.74) is 2.09. The summed E-state index contributed by atoms with van der Waals surface area (Å²) in [6.07, 6.45) is 1.30. The van der Waals surface area contributed by atoms with Crippen LogP contribution in [0.25, 0.3) is 0 Å². The molecule has 1 atom stereocenters. The number of likely N-dealkylation sites (N-methyl/N-ethyl adjacent to an activating group) is 1. The number of nitrogens with one attached hydrogen (secondary N) is 1. The molecule has 1 heterocycles. The van der Waals surface area contributed by atoms with E-state index in [0.717, 1.165) is 6.26 Å². The van der Waals surface area contributed by atoms with Crippen LogP contribution < -0.4 is 10.2 Å². The SMILES string of the molecule is C[C@@H]1CC(=O)Nc2ccccc2N1C(=O)CN(C)C(=O)c1ccc(CS(C)(=O)=O)cc1. The molecule has 2 aromatic carbocycles. The zero-order valence-electron chi connectivity index (χ0n) is 17.7. The molecule has 0 unspecified atom stereocenters. The maximum atomic E-state index is 13.1. The highest BCUT2D eigenvalue weighted by Crippen LogP contribution is 2.31. The molecule has 0 aromatic heterocycles. The lowest BCUT2D eigenvalue weighted by Gasteiger charge is -2.29. The fourth-order valence-electron chi connectivity index (χ4n) is 3.59. The Kier molecular flexibility index (Phi) is 6.45. The molecule has 0 bridgehead atoms. The summed E-state index contributed by atoms with van der Waals surface area (Å²) >= 11 is 0. The van der Waals surface area contributed by atoms with Crippen molar-refractivity contribution in [2.24, 2.45) is 0 Å². The second-order valence-corrected chi connectivity index (χ2v) is 9.95. The van der Waals surface area contributed by atoms with Gasteiger partial charge in [0.1, 0.15) is 6.54 Å². The molecular formula is C22H25N3O5S. The third-order valence-electron chi connectivity index (χ3n) is 4.98. The molecule has 8 nitrogen and oxygen atoms in total. The first-order valence-corrected chi connectivity index (χ1v) is 11.8. The van der Waals surface area contributed by atoms with Crippen molar-refractivity contribution in [2.45, 2.75) is 25.1 Å². The molecule has 1 aliphatic heterocycles. The highest BCUT2D eigenvalue weighted by atomic mass is 32.2. The van der Waals surface area contributed by atoms with Crippen LogP contribution in [-0.2, 0) is 25.2 Å². The fourth-order valence-corrected chi connectivity index (χ4v) is 4.38.